The van der Waals surface area contributed by atoms with Crippen molar-refractivity contribution < 1.29 is 4.79 Å². The Bertz CT molecular complexity index is 849. The number of carbonyl (C=O) groups is 1. The van der Waals surface area contributed by atoms with Gasteiger partial charge in [-0.25, -0.2) is 4.98 Å². The van der Waals surface area contributed by atoms with E-state index in [1.165, 1.54) is 40.7 Å². The van der Waals surface area contributed by atoms with E-state index in [0.29, 0.717) is 11.1 Å². The first-order valence-electron chi connectivity index (χ1n) is 9.02. The molecular weight excluding hydrogens is 351 g/mol. The number of halogens is 1. The summed E-state index contributed by atoms with van der Waals surface area (Å²) in [5, 5.41) is 4.63. The Morgan fingerprint density at radius 3 is 2.68 bits per heavy atom. The Hall–Kier alpha value is -1.18. The predicted molar refractivity (Wildman–Crippen MR) is 106 cm³/mol. The van der Waals surface area contributed by atoms with Gasteiger partial charge in [0.15, 0.2) is 0 Å². The average Bonchev–Trinajstić information content (AvgIpc) is 3.36. The molecule has 1 aromatic rings. The molecule has 0 bridgehead atoms. The summed E-state index contributed by atoms with van der Waals surface area (Å²) in [6, 6.07) is 0. The lowest BCUT2D eigenvalue weighted by Gasteiger charge is -2.33. The van der Waals surface area contributed by atoms with E-state index in [-0.39, 0.29) is 11.3 Å². The number of nitrogens with one attached hydrogen (secondary N) is 1. The molecule has 132 valence electrons. The van der Waals surface area contributed by atoms with Crippen molar-refractivity contribution in [3.63, 3.8) is 0 Å². The molecule has 1 saturated carbocycles. The van der Waals surface area contributed by atoms with Gasteiger partial charge >= 0.3 is 0 Å². The predicted octanol–water partition coefficient (Wildman–Crippen LogP) is 3.82. The number of rotatable bonds is 2. The molecule has 3 aliphatic rings. The van der Waals surface area contributed by atoms with Crippen LogP contribution >= 0.6 is 20.8 Å². The molecule has 0 aromatic carbocycles. The fourth-order valence-electron chi connectivity index (χ4n) is 4.47. The van der Waals surface area contributed by atoms with E-state index in [4.69, 9.17) is 11.6 Å². The molecule has 2 heterocycles. The summed E-state index contributed by atoms with van der Waals surface area (Å²) in [6.07, 6.45) is 6.07. The smallest absolute Gasteiger partial charge is 0.251 e. The zero-order valence-corrected chi connectivity index (χ0v) is 16.9. The molecule has 1 fully saturated rings. The zero-order valence-electron chi connectivity index (χ0n) is 15.0. The van der Waals surface area contributed by atoms with Crippen molar-refractivity contribution in [2.75, 3.05) is 6.54 Å². The molecule has 25 heavy (non-hydrogen) atoms. The molecule has 5 heteroatoms. The Kier molecular flexibility index (Phi) is 4.09. The van der Waals surface area contributed by atoms with E-state index in [1.807, 2.05) is 6.20 Å². The van der Waals surface area contributed by atoms with Crippen LogP contribution in [0.3, 0.4) is 0 Å². The van der Waals surface area contributed by atoms with Gasteiger partial charge in [-0.3, -0.25) is 4.79 Å². The van der Waals surface area contributed by atoms with Crippen LogP contribution in [0.15, 0.2) is 22.9 Å². The number of aryl methyl sites for hydroxylation is 1. The average molecular weight is 375 g/mol. The van der Waals surface area contributed by atoms with Gasteiger partial charge in [0.1, 0.15) is 5.15 Å². The molecular formula is C20H24ClN2OP. The summed E-state index contributed by atoms with van der Waals surface area (Å²) in [5.41, 5.74) is 7.35. The fraction of sp³-hybridized carbons (Fsp3) is 0.500. The second kappa shape index (κ2) is 5.93. The highest BCUT2D eigenvalue weighted by Crippen LogP contribution is 2.55. The molecule has 1 unspecified atom stereocenters. The summed E-state index contributed by atoms with van der Waals surface area (Å²) in [4.78, 5) is 17.1. The van der Waals surface area contributed by atoms with Gasteiger partial charge in [0.25, 0.3) is 5.91 Å². The van der Waals surface area contributed by atoms with Crippen LogP contribution in [0.2, 0.25) is 5.15 Å². The second-order valence-corrected chi connectivity index (χ2v) is 8.81. The van der Waals surface area contributed by atoms with Crippen LogP contribution in [0, 0.1) is 11.3 Å². The minimum Gasteiger partial charge on any atom is -0.351 e. The lowest BCUT2D eigenvalue weighted by atomic mass is 9.75. The van der Waals surface area contributed by atoms with E-state index in [9.17, 15) is 4.79 Å². The number of carbonyl (C=O) groups excluding carboxylic acids is 1. The van der Waals surface area contributed by atoms with Crippen LogP contribution < -0.4 is 10.6 Å². The highest BCUT2D eigenvalue weighted by Gasteiger charge is 2.49. The molecule has 2 aliphatic carbocycles. The van der Waals surface area contributed by atoms with Gasteiger partial charge in [-0.05, 0) is 60.8 Å². The second-order valence-electron chi connectivity index (χ2n) is 7.87. The maximum absolute atomic E-state index is 12.8. The molecule has 1 amide bonds. The molecule has 0 radical (unpaired) electrons. The van der Waals surface area contributed by atoms with Crippen molar-refractivity contribution >= 4 is 37.6 Å². The van der Waals surface area contributed by atoms with E-state index in [0.717, 1.165) is 30.3 Å². The maximum atomic E-state index is 12.8. The van der Waals surface area contributed by atoms with Gasteiger partial charge < -0.3 is 5.32 Å². The van der Waals surface area contributed by atoms with Crippen molar-refractivity contribution in [2.24, 2.45) is 11.3 Å². The Morgan fingerprint density at radius 1 is 1.32 bits per heavy atom. The third-order valence-electron chi connectivity index (χ3n) is 6.10. The van der Waals surface area contributed by atoms with Crippen LogP contribution in [-0.4, -0.2) is 17.4 Å². The van der Waals surface area contributed by atoms with Crippen molar-refractivity contribution in [1.29, 1.82) is 0 Å². The Labute approximate surface area is 156 Å². The van der Waals surface area contributed by atoms with Crippen LogP contribution in [0.5, 0.6) is 0 Å². The molecule has 1 aliphatic heterocycles. The Morgan fingerprint density at radius 2 is 2.04 bits per heavy atom. The van der Waals surface area contributed by atoms with Gasteiger partial charge in [0, 0.05) is 29.0 Å². The number of aromatic nitrogens is 1. The summed E-state index contributed by atoms with van der Waals surface area (Å²) < 4.78 is 0. The van der Waals surface area contributed by atoms with E-state index >= 15 is 0 Å². The molecule has 3 nitrogen and oxygen atoms in total. The number of nitrogens with zero attached hydrogens (tertiary/aromatic N) is 1. The van der Waals surface area contributed by atoms with E-state index in [1.54, 1.807) is 0 Å². The summed E-state index contributed by atoms with van der Waals surface area (Å²) in [7, 11) is 2.76. The first kappa shape index (κ1) is 17.2. The number of pyridine rings is 1. The van der Waals surface area contributed by atoms with E-state index in [2.05, 4.69) is 40.3 Å². The number of fused-ring (bicyclic) bond motifs is 1. The van der Waals surface area contributed by atoms with Crippen LogP contribution in [0.25, 0.3) is 5.57 Å². The maximum Gasteiger partial charge on any atom is 0.251 e. The number of amides is 1. The summed E-state index contributed by atoms with van der Waals surface area (Å²) >= 11 is 6.32. The lowest BCUT2D eigenvalue weighted by molar-refractivity contribution is -0.118. The molecule has 4 rings (SSSR count). The third-order valence-corrected chi connectivity index (χ3v) is 7.15. The number of hydrogen-bond acceptors (Lipinski definition) is 2. The molecule has 1 atom stereocenters. The minimum absolute atomic E-state index is 0.0945. The van der Waals surface area contributed by atoms with E-state index < -0.39 is 0 Å². The van der Waals surface area contributed by atoms with Gasteiger partial charge in [-0.2, -0.15) is 0 Å². The zero-order chi connectivity index (χ0) is 17.9. The van der Waals surface area contributed by atoms with Gasteiger partial charge in [-0.15, -0.1) is 9.24 Å². The van der Waals surface area contributed by atoms with Crippen molar-refractivity contribution in [3.8, 4) is 0 Å². The van der Waals surface area contributed by atoms with Crippen LogP contribution in [0.4, 0.5) is 0 Å². The van der Waals surface area contributed by atoms with Crippen molar-refractivity contribution in [2.45, 2.75) is 46.5 Å². The third kappa shape index (κ3) is 2.59. The monoisotopic (exact) mass is 374 g/mol. The highest BCUT2D eigenvalue weighted by atomic mass is 35.5. The van der Waals surface area contributed by atoms with Gasteiger partial charge in [0.05, 0.1) is 0 Å². The van der Waals surface area contributed by atoms with Gasteiger partial charge in [-0.1, -0.05) is 31.0 Å². The molecule has 1 aromatic heterocycles. The molecule has 1 N–H and O–H groups in total. The summed E-state index contributed by atoms with van der Waals surface area (Å²) in [6.45, 7) is 7.37. The number of allylic oxidation sites excluding steroid dienone is 1. The first-order valence-corrected chi connectivity index (χ1v) is 9.97. The topological polar surface area (TPSA) is 42.0 Å². The van der Waals surface area contributed by atoms with Crippen LogP contribution in [0.1, 0.15) is 51.2 Å². The van der Waals surface area contributed by atoms with Crippen molar-refractivity contribution in [1.82, 2.24) is 10.3 Å². The Balaban J connectivity index is 1.99. The highest BCUT2D eigenvalue weighted by molar-refractivity contribution is 7.28. The number of hydrogen-bond donors (Lipinski definition) is 1. The van der Waals surface area contributed by atoms with Crippen molar-refractivity contribution in [3.05, 3.63) is 39.2 Å². The SMILES string of the molecule is CC1=C(C2=C(C(C)C)c3c(cnc(Cl)c3P)CC2)C(=O)NCC12CC2. The van der Waals surface area contributed by atoms with Crippen LogP contribution in [-0.2, 0) is 11.2 Å². The molecule has 1 spiro atoms. The largest absolute Gasteiger partial charge is 0.351 e. The minimum atomic E-state index is 0.0945. The lowest BCUT2D eigenvalue weighted by Crippen LogP contribution is -2.39. The first-order chi connectivity index (χ1) is 11.9. The molecule has 0 saturated heterocycles. The van der Waals surface area contributed by atoms with Gasteiger partial charge in [0.2, 0.25) is 0 Å². The summed E-state index contributed by atoms with van der Waals surface area (Å²) in [5.74, 6) is 0.411. The normalized spacial score (nSPS) is 21.8. The quantitative estimate of drug-likeness (QED) is 0.631. The standard InChI is InChI=1S/C20H24ClN2OP/c1-10(2)14-13(5-4-12-8-22-18(21)17(25)16(12)14)15-11(3)20(6-7-20)9-23-19(15)24/h8,10H,4-7,9,25H2,1-3H3,(H,23,24). The fourth-order valence-corrected chi connectivity index (χ4v) is 5.03.